The number of imidazole rings is 2. The summed E-state index contributed by atoms with van der Waals surface area (Å²) in [6, 6.07) is 19.8. The summed E-state index contributed by atoms with van der Waals surface area (Å²) in [5.41, 5.74) is 9.72. The fourth-order valence-electron chi connectivity index (χ4n) is 5.50. The number of nitrogens with zero attached hydrogens (tertiary/aromatic N) is 5. The molecule has 5 aromatic rings. The lowest BCUT2D eigenvalue weighted by Gasteiger charge is -2.15. The Morgan fingerprint density at radius 3 is 2.34 bits per heavy atom. The maximum Gasteiger partial charge on any atom is 0.336 e. The number of benzene rings is 3. The topological polar surface area (TPSA) is 76.2 Å². The summed E-state index contributed by atoms with van der Waals surface area (Å²) in [4.78, 5) is 24.0. The van der Waals surface area contributed by atoms with E-state index in [2.05, 4.69) is 80.1 Å². The summed E-state index contributed by atoms with van der Waals surface area (Å²) in [6.07, 6.45) is 1.90. The Kier molecular flexibility index (Phi) is 8.08. The third-order valence-corrected chi connectivity index (χ3v) is 7.85. The molecular formula is C34H39N5O2. The van der Waals surface area contributed by atoms with Gasteiger partial charge in [-0.2, -0.15) is 0 Å². The van der Waals surface area contributed by atoms with Crippen molar-refractivity contribution in [2.45, 2.75) is 53.6 Å². The van der Waals surface area contributed by atoms with Gasteiger partial charge >= 0.3 is 5.97 Å². The van der Waals surface area contributed by atoms with Gasteiger partial charge in [-0.15, -0.1) is 0 Å². The summed E-state index contributed by atoms with van der Waals surface area (Å²) in [5, 5.41) is 9.63. The summed E-state index contributed by atoms with van der Waals surface area (Å²) in [6.45, 7) is 11.1. The van der Waals surface area contributed by atoms with E-state index in [0.717, 1.165) is 82.1 Å². The highest BCUT2D eigenvalue weighted by Gasteiger charge is 2.19. The molecule has 5 rings (SSSR count). The van der Waals surface area contributed by atoms with Crippen molar-refractivity contribution in [1.29, 1.82) is 0 Å². The van der Waals surface area contributed by atoms with Crippen LogP contribution in [-0.4, -0.2) is 55.7 Å². The normalized spacial score (nSPS) is 11.6. The van der Waals surface area contributed by atoms with Gasteiger partial charge in [0, 0.05) is 37.3 Å². The Hall–Kier alpha value is -4.23. The zero-order valence-electron chi connectivity index (χ0n) is 24.9. The number of fused-ring (bicyclic) bond motifs is 1. The number of carbonyl (C=O) groups is 1. The summed E-state index contributed by atoms with van der Waals surface area (Å²) < 4.78 is 4.67. The van der Waals surface area contributed by atoms with Crippen LogP contribution >= 0.6 is 0 Å². The van der Waals surface area contributed by atoms with Gasteiger partial charge < -0.3 is 19.1 Å². The molecule has 3 aromatic carbocycles. The molecule has 1 N–H and O–H groups in total. The van der Waals surface area contributed by atoms with E-state index in [1.807, 2.05) is 24.3 Å². The maximum absolute atomic E-state index is 11.7. The van der Waals surface area contributed by atoms with Crippen LogP contribution in [0.15, 0.2) is 60.7 Å². The Bertz CT molecular complexity index is 1710. The fraction of sp³-hybridized carbons (Fsp3) is 0.324. The molecule has 0 saturated heterocycles. The summed E-state index contributed by atoms with van der Waals surface area (Å²) in [5.74, 6) is 1.15. The van der Waals surface area contributed by atoms with Crippen LogP contribution < -0.4 is 0 Å². The first-order valence-electron chi connectivity index (χ1n) is 14.3. The van der Waals surface area contributed by atoms with Crippen LogP contribution in [0.4, 0.5) is 0 Å². The maximum atomic E-state index is 11.7. The van der Waals surface area contributed by atoms with Gasteiger partial charge in [0.2, 0.25) is 0 Å². The molecular weight excluding hydrogens is 510 g/mol. The Morgan fingerprint density at radius 1 is 0.927 bits per heavy atom. The zero-order chi connectivity index (χ0) is 29.3. The lowest BCUT2D eigenvalue weighted by Crippen LogP contribution is -2.19. The van der Waals surface area contributed by atoms with Crippen LogP contribution in [0.3, 0.4) is 0 Å². The lowest BCUT2D eigenvalue weighted by molar-refractivity contribution is 0.0697. The second-order valence-electron chi connectivity index (χ2n) is 11.1. The van der Waals surface area contributed by atoms with E-state index in [1.54, 1.807) is 12.1 Å². The zero-order valence-corrected chi connectivity index (χ0v) is 24.9. The van der Waals surface area contributed by atoms with Gasteiger partial charge in [-0.05, 0) is 81.7 Å². The van der Waals surface area contributed by atoms with Crippen LogP contribution in [0.2, 0.25) is 0 Å². The highest BCUT2D eigenvalue weighted by Crippen LogP contribution is 2.31. The van der Waals surface area contributed by atoms with Gasteiger partial charge in [-0.1, -0.05) is 49.4 Å². The van der Waals surface area contributed by atoms with Gasteiger partial charge in [-0.3, -0.25) is 0 Å². The van der Waals surface area contributed by atoms with Crippen molar-refractivity contribution in [3.05, 3.63) is 94.6 Å². The molecule has 2 aromatic heterocycles. The molecule has 0 amide bonds. The van der Waals surface area contributed by atoms with E-state index in [1.165, 1.54) is 5.69 Å². The van der Waals surface area contributed by atoms with Crippen LogP contribution in [-0.2, 0) is 19.5 Å². The number of aromatic nitrogens is 4. The number of rotatable bonds is 10. The van der Waals surface area contributed by atoms with Crippen molar-refractivity contribution in [2.75, 3.05) is 20.6 Å². The van der Waals surface area contributed by atoms with E-state index in [9.17, 15) is 9.90 Å². The minimum atomic E-state index is -0.919. The summed E-state index contributed by atoms with van der Waals surface area (Å²) >= 11 is 0. The van der Waals surface area contributed by atoms with E-state index in [0.29, 0.717) is 12.1 Å². The van der Waals surface area contributed by atoms with Crippen molar-refractivity contribution in [3.8, 4) is 22.5 Å². The third kappa shape index (κ3) is 5.68. The number of carboxylic acid groups (broad SMARTS) is 1. The van der Waals surface area contributed by atoms with E-state index in [4.69, 9.17) is 9.97 Å². The minimum absolute atomic E-state index is 0.309. The first kappa shape index (κ1) is 28.3. The standard InChI is InChI=1S/C34H39N5O2/c1-7-10-31-36-32-22(2)19-27(33-35-23(3)24(4)38(33)18-17-37(5)6)20-30(32)39(31)21-25-13-15-26(16-14-25)28-11-8-9-12-29(28)34(40)41/h8-9,11-16,19-20H,7,10,17-18,21H2,1-6H3,(H,40,41). The van der Waals surface area contributed by atoms with Crippen molar-refractivity contribution in [3.63, 3.8) is 0 Å². The monoisotopic (exact) mass is 549 g/mol. The average molecular weight is 550 g/mol. The van der Waals surface area contributed by atoms with Crippen molar-refractivity contribution in [1.82, 2.24) is 24.0 Å². The average Bonchev–Trinajstić information content (AvgIpc) is 3.44. The Balaban J connectivity index is 1.56. The van der Waals surface area contributed by atoms with Gasteiger partial charge in [0.05, 0.1) is 22.3 Å². The molecule has 0 aliphatic carbocycles. The first-order valence-corrected chi connectivity index (χ1v) is 14.3. The number of aromatic carboxylic acids is 1. The Morgan fingerprint density at radius 2 is 1.66 bits per heavy atom. The SMILES string of the molecule is CCCc1nc2c(C)cc(-c3nc(C)c(C)n3CCN(C)C)cc2n1Cc1ccc(-c2ccccc2C(=O)O)cc1. The van der Waals surface area contributed by atoms with Crippen LogP contribution in [0.25, 0.3) is 33.5 Å². The molecule has 212 valence electrons. The molecule has 0 bridgehead atoms. The van der Waals surface area contributed by atoms with Gasteiger partial charge in [0.15, 0.2) is 0 Å². The van der Waals surface area contributed by atoms with Gasteiger partial charge in [-0.25, -0.2) is 14.8 Å². The fourth-order valence-corrected chi connectivity index (χ4v) is 5.50. The molecule has 0 unspecified atom stereocenters. The Labute approximate surface area is 242 Å². The number of hydrogen-bond donors (Lipinski definition) is 1. The number of aryl methyl sites for hydroxylation is 3. The molecule has 41 heavy (non-hydrogen) atoms. The van der Waals surface area contributed by atoms with Crippen LogP contribution in [0.1, 0.15) is 52.0 Å². The van der Waals surface area contributed by atoms with E-state index >= 15 is 0 Å². The van der Waals surface area contributed by atoms with Crippen LogP contribution in [0.5, 0.6) is 0 Å². The van der Waals surface area contributed by atoms with E-state index < -0.39 is 5.97 Å². The van der Waals surface area contributed by atoms with Gasteiger partial charge in [0.1, 0.15) is 11.6 Å². The molecule has 0 atom stereocenters. The molecule has 0 aliphatic heterocycles. The predicted octanol–water partition coefficient (Wildman–Crippen LogP) is 6.75. The van der Waals surface area contributed by atoms with Crippen molar-refractivity contribution < 1.29 is 9.90 Å². The molecule has 0 radical (unpaired) electrons. The molecule has 0 aliphatic rings. The molecule has 0 spiro atoms. The quantitative estimate of drug-likeness (QED) is 0.208. The third-order valence-electron chi connectivity index (χ3n) is 7.85. The molecule has 0 saturated carbocycles. The highest BCUT2D eigenvalue weighted by molar-refractivity contribution is 5.96. The van der Waals surface area contributed by atoms with E-state index in [-0.39, 0.29) is 0 Å². The van der Waals surface area contributed by atoms with Crippen LogP contribution in [0, 0.1) is 20.8 Å². The molecule has 0 fully saturated rings. The number of carboxylic acids is 1. The highest BCUT2D eigenvalue weighted by atomic mass is 16.4. The molecule has 2 heterocycles. The van der Waals surface area contributed by atoms with Gasteiger partial charge in [0.25, 0.3) is 0 Å². The lowest BCUT2D eigenvalue weighted by atomic mass is 9.98. The smallest absolute Gasteiger partial charge is 0.336 e. The second-order valence-corrected chi connectivity index (χ2v) is 11.1. The van der Waals surface area contributed by atoms with Crippen molar-refractivity contribution >= 4 is 17.0 Å². The molecule has 7 nitrogen and oxygen atoms in total. The summed E-state index contributed by atoms with van der Waals surface area (Å²) in [7, 11) is 4.19. The predicted molar refractivity (Wildman–Crippen MR) is 166 cm³/mol. The minimum Gasteiger partial charge on any atom is -0.478 e. The van der Waals surface area contributed by atoms with Crippen molar-refractivity contribution in [2.24, 2.45) is 0 Å². The number of hydrogen-bond acceptors (Lipinski definition) is 4. The number of likely N-dealkylation sites (N-methyl/N-ethyl adjacent to an activating group) is 1. The second kappa shape index (κ2) is 11.7. The largest absolute Gasteiger partial charge is 0.478 e. The molecule has 7 heteroatoms. The first-order chi connectivity index (χ1) is 19.7.